The van der Waals surface area contributed by atoms with Crippen molar-refractivity contribution in [1.82, 2.24) is 10.2 Å². The van der Waals surface area contributed by atoms with Gasteiger partial charge >= 0.3 is 0 Å². The molecular formula is C23H30BrN3O4. The second-order valence-electron chi connectivity index (χ2n) is 7.59. The van der Waals surface area contributed by atoms with Crippen LogP contribution in [0.4, 0.5) is 5.69 Å². The van der Waals surface area contributed by atoms with Gasteiger partial charge in [-0.25, -0.2) is 0 Å². The Balaban J connectivity index is 1.63. The van der Waals surface area contributed by atoms with Crippen LogP contribution in [0.25, 0.3) is 0 Å². The van der Waals surface area contributed by atoms with Crippen LogP contribution in [0.15, 0.2) is 40.9 Å². The smallest absolute Gasteiger partial charge is 0.269 e. The van der Waals surface area contributed by atoms with E-state index in [0.29, 0.717) is 30.8 Å². The summed E-state index contributed by atoms with van der Waals surface area (Å²) in [4.78, 5) is 12.9. The molecule has 0 aliphatic carbocycles. The Kier molecular flexibility index (Phi) is 8.69. The van der Waals surface area contributed by atoms with Crippen molar-refractivity contribution >= 4 is 21.6 Å². The Labute approximate surface area is 192 Å². The quantitative estimate of drug-likeness (QED) is 0.355. The number of rotatable bonds is 11. The summed E-state index contributed by atoms with van der Waals surface area (Å²) in [6.45, 7) is 9.03. The number of nitro groups is 1. The Hall–Kier alpha value is -2.16. The molecule has 0 saturated carbocycles. The van der Waals surface area contributed by atoms with Crippen LogP contribution >= 0.6 is 15.9 Å². The van der Waals surface area contributed by atoms with E-state index in [1.807, 2.05) is 19.1 Å². The van der Waals surface area contributed by atoms with E-state index in [1.54, 1.807) is 12.1 Å². The zero-order valence-corrected chi connectivity index (χ0v) is 19.7. The van der Waals surface area contributed by atoms with Gasteiger partial charge in [-0.1, -0.05) is 22.9 Å². The second-order valence-corrected chi connectivity index (χ2v) is 8.45. The topological polar surface area (TPSA) is 76.9 Å². The largest absolute Gasteiger partial charge is 0.490 e. The van der Waals surface area contributed by atoms with Crippen LogP contribution in [0.3, 0.4) is 0 Å². The summed E-state index contributed by atoms with van der Waals surface area (Å²) >= 11 is 3.66. The zero-order chi connectivity index (χ0) is 22.2. The van der Waals surface area contributed by atoms with E-state index in [9.17, 15) is 10.1 Å². The highest BCUT2D eigenvalue weighted by atomic mass is 79.9. The highest BCUT2D eigenvalue weighted by Crippen LogP contribution is 2.34. The summed E-state index contributed by atoms with van der Waals surface area (Å²) < 4.78 is 12.7. The molecule has 8 heteroatoms. The van der Waals surface area contributed by atoms with Crippen LogP contribution < -0.4 is 14.8 Å². The van der Waals surface area contributed by atoms with E-state index in [1.165, 1.54) is 31.5 Å². The van der Waals surface area contributed by atoms with Crippen LogP contribution in [0.1, 0.15) is 37.8 Å². The third-order valence-corrected chi connectivity index (χ3v) is 6.29. The van der Waals surface area contributed by atoms with Gasteiger partial charge in [0.2, 0.25) is 0 Å². The Bertz CT molecular complexity index is 876. The average Bonchev–Trinajstić information content (AvgIpc) is 3.22. The molecule has 2 aromatic rings. The first-order chi connectivity index (χ1) is 15.0. The molecule has 1 unspecified atom stereocenters. The normalized spacial score (nSPS) is 16.4. The Morgan fingerprint density at radius 1 is 1.19 bits per heavy atom. The van der Waals surface area contributed by atoms with Crippen molar-refractivity contribution < 1.29 is 14.4 Å². The maximum atomic E-state index is 10.8. The lowest BCUT2D eigenvalue weighted by Crippen LogP contribution is -2.37. The number of likely N-dealkylation sites (tertiary alicyclic amines) is 1. The van der Waals surface area contributed by atoms with Gasteiger partial charge in [0.1, 0.15) is 6.61 Å². The van der Waals surface area contributed by atoms with Crippen molar-refractivity contribution in [1.29, 1.82) is 0 Å². The molecule has 168 valence electrons. The molecule has 31 heavy (non-hydrogen) atoms. The Morgan fingerprint density at radius 3 is 2.61 bits per heavy atom. The summed E-state index contributed by atoms with van der Waals surface area (Å²) in [5.74, 6) is 1.34. The first-order valence-electron chi connectivity index (χ1n) is 10.8. The molecule has 1 atom stereocenters. The summed E-state index contributed by atoms with van der Waals surface area (Å²) in [6.07, 6.45) is 2.53. The lowest BCUT2D eigenvalue weighted by molar-refractivity contribution is -0.384. The SMILES string of the molecule is CCOc1cc(CNCC2CCCN2CC)c(Br)cc1OCc1ccc([N+](=O)[O-])cc1. The molecule has 3 rings (SSSR count). The van der Waals surface area contributed by atoms with Crippen LogP contribution in [0, 0.1) is 10.1 Å². The van der Waals surface area contributed by atoms with E-state index < -0.39 is 4.92 Å². The van der Waals surface area contributed by atoms with Gasteiger partial charge in [-0.2, -0.15) is 0 Å². The molecule has 1 N–H and O–H groups in total. The van der Waals surface area contributed by atoms with Gasteiger partial charge in [-0.3, -0.25) is 15.0 Å². The zero-order valence-electron chi connectivity index (χ0n) is 18.1. The number of nitrogens with zero attached hydrogens (tertiary/aromatic N) is 2. The summed E-state index contributed by atoms with van der Waals surface area (Å²) in [7, 11) is 0. The number of nitrogens with one attached hydrogen (secondary N) is 1. The van der Waals surface area contributed by atoms with E-state index >= 15 is 0 Å². The molecule has 1 fully saturated rings. The van der Waals surface area contributed by atoms with Crippen molar-refractivity contribution in [2.45, 2.75) is 45.9 Å². The molecule has 0 radical (unpaired) electrons. The molecule has 0 bridgehead atoms. The van der Waals surface area contributed by atoms with Gasteiger partial charge in [0.05, 0.1) is 11.5 Å². The minimum absolute atomic E-state index is 0.0676. The highest BCUT2D eigenvalue weighted by Gasteiger charge is 2.22. The minimum atomic E-state index is -0.409. The number of hydrogen-bond acceptors (Lipinski definition) is 6. The van der Waals surface area contributed by atoms with Crippen molar-refractivity contribution in [3.05, 3.63) is 62.1 Å². The maximum Gasteiger partial charge on any atom is 0.269 e. The van der Waals surface area contributed by atoms with Gasteiger partial charge in [0.15, 0.2) is 11.5 Å². The van der Waals surface area contributed by atoms with Gasteiger partial charge < -0.3 is 14.8 Å². The summed E-state index contributed by atoms with van der Waals surface area (Å²) in [6, 6.07) is 10.9. The van der Waals surface area contributed by atoms with Crippen LogP contribution in [0.5, 0.6) is 11.5 Å². The maximum absolute atomic E-state index is 10.8. The van der Waals surface area contributed by atoms with Gasteiger partial charge in [-0.15, -0.1) is 0 Å². The van der Waals surface area contributed by atoms with Crippen LogP contribution in [-0.2, 0) is 13.2 Å². The first kappa shape index (κ1) is 23.5. The number of non-ortho nitro benzene ring substituents is 1. The van der Waals surface area contributed by atoms with Crippen molar-refractivity contribution in [2.75, 3.05) is 26.2 Å². The number of benzene rings is 2. The monoisotopic (exact) mass is 491 g/mol. The third-order valence-electron chi connectivity index (χ3n) is 5.55. The first-order valence-corrected chi connectivity index (χ1v) is 11.6. The Morgan fingerprint density at radius 2 is 1.94 bits per heavy atom. The third kappa shape index (κ3) is 6.41. The lowest BCUT2D eigenvalue weighted by atomic mass is 10.1. The van der Waals surface area contributed by atoms with E-state index in [0.717, 1.165) is 35.2 Å². The molecular weight excluding hydrogens is 462 g/mol. The molecule has 1 aliphatic rings. The predicted octanol–water partition coefficient (Wildman–Crippen LogP) is 4.91. The average molecular weight is 492 g/mol. The summed E-state index contributed by atoms with van der Waals surface area (Å²) in [5, 5.41) is 14.4. The molecule has 0 amide bonds. The lowest BCUT2D eigenvalue weighted by Gasteiger charge is -2.23. The standard InChI is InChI=1S/C23H30BrN3O4/c1-3-26-11-5-6-20(26)15-25-14-18-12-22(30-4-2)23(13-21(18)24)31-16-17-7-9-19(10-8-17)27(28)29/h7-10,12-13,20,25H,3-6,11,14-16H2,1-2H3. The van der Waals surface area contributed by atoms with Crippen LogP contribution in [-0.4, -0.2) is 42.1 Å². The fourth-order valence-corrected chi connectivity index (χ4v) is 4.35. The van der Waals surface area contributed by atoms with Crippen LogP contribution in [0.2, 0.25) is 0 Å². The molecule has 1 aliphatic heterocycles. The molecule has 2 aromatic carbocycles. The minimum Gasteiger partial charge on any atom is -0.490 e. The number of nitro benzene ring substituents is 1. The number of hydrogen-bond donors (Lipinski definition) is 1. The van der Waals surface area contributed by atoms with Crippen molar-refractivity contribution in [3.8, 4) is 11.5 Å². The molecule has 0 aromatic heterocycles. The predicted molar refractivity (Wildman–Crippen MR) is 125 cm³/mol. The van der Waals surface area contributed by atoms with Crippen molar-refractivity contribution in [3.63, 3.8) is 0 Å². The fourth-order valence-electron chi connectivity index (χ4n) is 3.88. The van der Waals surface area contributed by atoms with E-state index in [-0.39, 0.29) is 5.69 Å². The van der Waals surface area contributed by atoms with Gasteiger partial charge in [0.25, 0.3) is 5.69 Å². The fraction of sp³-hybridized carbons (Fsp3) is 0.478. The van der Waals surface area contributed by atoms with E-state index in [4.69, 9.17) is 9.47 Å². The number of halogens is 1. The van der Waals surface area contributed by atoms with Gasteiger partial charge in [0, 0.05) is 35.7 Å². The molecule has 7 nitrogen and oxygen atoms in total. The molecule has 0 spiro atoms. The second kappa shape index (κ2) is 11.5. The van der Waals surface area contributed by atoms with E-state index in [2.05, 4.69) is 33.1 Å². The van der Waals surface area contributed by atoms with Gasteiger partial charge in [-0.05, 0) is 68.2 Å². The molecule has 1 heterocycles. The highest BCUT2D eigenvalue weighted by molar-refractivity contribution is 9.10. The van der Waals surface area contributed by atoms with Crippen molar-refractivity contribution in [2.24, 2.45) is 0 Å². The molecule has 1 saturated heterocycles. The number of likely N-dealkylation sites (N-methyl/N-ethyl adjacent to an activating group) is 1. The number of ether oxygens (including phenoxy) is 2. The summed E-state index contributed by atoms with van der Waals surface area (Å²) in [5.41, 5.74) is 2.04.